The Bertz CT molecular complexity index is 751. The highest BCUT2D eigenvalue weighted by molar-refractivity contribution is 7.89. The van der Waals surface area contributed by atoms with E-state index in [0.29, 0.717) is 11.0 Å². The molecular weight excluding hydrogens is 284 g/mol. The smallest absolute Gasteiger partial charge is 0.305 e. The quantitative estimate of drug-likeness (QED) is 0.842. The van der Waals surface area contributed by atoms with Crippen LogP contribution < -0.4 is 0 Å². The summed E-state index contributed by atoms with van der Waals surface area (Å²) in [6.45, 7) is 0.186. The van der Waals surface area contributed by atoms with E-state index in [1.165, 1.54) is 30.9 Å². The number of sulfonamides is 1. The van der Waals surface area contributed by atoms with Gasteiger partial charge in [-0.25, -0.2) is 17.4 Å². The Labute approximate surface area is 115 Å². The molecule has 0 amide bonds. The first-order chi connectivity index (χ1) is 9.32. The monoisotopic (exact) mass is 298 g/mol. The van der Waals surface area contributed by atoms with E-state index >= 15 is 0 Å². The van der Waals surface area contributed by atoms with E-state index in [2.05, 4.69) is 10.3 Å². The summed E-state index contributed by atoms with van der Waals surface area (Å²) >= 11 is 0. The van der Waals surface area contributed by atoms with Crippen molar-refractivity contribution in [2.45, 2.75) is 17.9 Å². The fourth-order valence-electron chi connectivity index (χ4n) is 1.69. The standard InChI is InChI=1S/C11H14N4O4S/c1-14(2)20(18,19)8-3-4-10-9(7-8)12-13-15(10)6-5-11(16)17/h3-4,7H,5-6H2,1-2H3,(H,16,17). The fourth-order valence-corrected chi connectivity index (χ4v) is 2.61. The summed E-state index contributed by atoms with van der Waals surface area (Å²) in [4.78, 5) is 10.7. The third-order valence-corrected chi connectivity index (χ3v) is 4.61. The average molecular weight is 298 g/mol. The molecule has 0 aliphatic carbocycles. The molecule has 0 spiro atoms. The number of aryl methyl sites for hydroxylation is 1. The minimum absolute atomic E-state index is 0.0732. The van der Waals surface area contributed by atoms with Crippen LogP contribution in [0.1, 0.15) is 6.42 Å². The zero-order valence-corrected chi connectivity index (χ0v) is 11.8. The van der Waals surface area contributed by atoms with Crippen LogP contribution in [0.2, 0.25) is 0 Å². The maximum absolute atomic E-state index is 12.0. The Balaban J connectivity index is 2.41. The number of hydrogen-bond acceptors (Lipinski definition) is 5. The highest BCUT2D eigenvalue weighted by Crippen LogP contribution is 2.19. The Hall–Kier alpha value is -2.00. The Kier molecular flexibility index (Phi) is 3.73. The van der Waals surface area contributed by atoms with Crippen LogP contribution >= 0.6 is 0 Å². The van der Waals surface area contributed by atoms with Crippen molar-refractivity contribution in [2.24, 2.45) is 0 Å². The maximum Gasteiger partial charge on any atom is 0.305 e. The number of rotatable bonds is 5. The summed E-state index contributed by atoms with van der Waals surface area (Å²) in [5, 5.41) is 16.3. The largest absolute Gasteiger partial charge is 0.481 e. The molecule has 1 aromatic carbocycles. The van der Waals surface area contributed by atoms with Crippen LogP contribution in [-0.4, -0.2) is 52.9 Å². The lowest BCUT2D eigenvalue weighted by Gasteiger charge is -2.10. The average Bonchev–Trinajstić information content (AvgIpc) is 2.78. The minimum atomic E-state index is -3.52. The van der Waals surface area contributed by atoms with E-state index in [1.54, 1.807) is 6.07 Å². The van der Waals surface area contributed by atoms with Gasteiger partial charge in [0.1, 0.15) is 5.52 Å². The second-order valence-electron chi connectivity index (χ2n) is 4.39. The van der Waals surface area contributed by atoms with Crippen molar-refractivity contribution in [1.29, 1.82) is 0 Å². The van der Waals surface area contributed by atoms with Gasteiger partial charge in [0, 0.05) is 14.1 Å². The molecule has 0 aliphatic rings. The van der Waals surface area contributed by atoms with Crippen molar-refractivity contribution in [2.75, 3.05) is 14.1 Å². The molecule has 9 heteroatoms. The van der Waals surface area contributed by atoms with Crippen molar-refractivity contribution in [3.8, 4) is 0 Å². The normalized spacial score (nSPS) is 12.2. The van der Waals surface area contributed by atoms with Gasteiger partial charge >= 0.3 is 5.97 Å². The molecular formula is C11H14N4O4S. The minimum Gasteiger partial charge on any atom is -0.481 e. The Morgan fingerprint density at radius 3 is 2.70 bits per heavy atom. The van der Waals surface area contributed by atoms with Gasteiger partial charge in [-0.2, -0.15) is 0 Å². The van der Waals surface area contributed by atoms with Gasteiger partial charge in [-0.3, -0.25) is 4.79 Å². The zero-order valence-electron chi connectivity index (χ0n) is 11.0. The SMILES string of the molecule is CN(C)S(=O)(=O)c1ccc2c(c1)nnn2CCC(=O)O. The van der Waals surface area contributed by atoms with Crippen LogP contribution in [0.25, 0.3) is 11.0 Å². The molecule has 0 atom stereocenters. The number of hydrogen-bond donors (Lipinski definition) is 1. The molecule has 0 bridgehead atoms. The lowest BCUT2D eigenvalue weighted by molar-refractivity contribution is -0.137. The first-order valence-electron chi connectivity index (χ1n) is 5.80. The predicted octanol–water partition coefficient (Wildman–Crippen LogP) is 0.156. The van der Waals surface area contributed by atoms with Crippen molar-refractivity contribution in [1.82, 2.24) is 19.3 Å². The van der Waals surface area contributed by atoms with Crippen LogP contribution in [0.4, 0.5) is 0 Å². The zero-order chi connectivity index (χ0) is 14.9. The third kappa shape index (κ3) is 2.63. The number of aliphatic carboxylic acids is 1. The summed E-state index contributed by atoms with van der Waals surface area (Å²) in [6, 6.07) is 4.46. The molecule has 2 rings (SSSR count). The lowest BCUT2D eigenvalue weighted by Crippen LogP contribution is -2.22. The van der Waals surface area contributed by atoms with Gasteiger partial charge in [0.25, 0.3) is 0 Å². The topological polar surface area (TPSA) is 105 Å². The number of nitrogens with zero attached hydrogens (tertiary/aromatic N) is 4. The van der Waals surface area contributed by atoms with Gasteiger partial charge in [0.05, 0.1) is 23.4 Å². The fraction of sp³-hybridized carbons (Fsp3) is 0.364. The van der Waals surface area contributed by atoms with Crippen LogP contribution in [0, 0.1) is 0 Å². The molecule has 0 fully saturated rings. The van der Waals surface area contributed by atoms with Crippen molar-refractivity contribution < 1.29 is 18.3 Å². The van der Waals surface area contributed by atoms with Gasteiger partial charge in [-0.15, -0.1) is 5.10 Å². The molecule has 0 unspecified atom stereocenters. The molecule has 0 aliphatic heterocycles. The van der Waals surface area contributed by atoms with Gasteiger partial charge in [-0.1, -0.05) is 5.21 Å². The van der Waals surface area contributed by atoms with Crippen molar-refractivity contribution in [3.63, 3.8) is 0 Å². The molecule has 0 saturated heterocycles. The highest BCUT2D eigenvalue weighted by Gasteiger charge is 2.18. The summed E-state index contributed by atoms with van der Waals surface area (Å²) in [6.07, 6.45) is -0.0732. The lowest BCUT2D eigenvalue weighted by atomic mass is 10.3. The molecule has 1 aromatic heterocycles. The molecule has 0 saturated carbocycles. The Morgan fingerprint density at radius 1 is 1.40 bits per heavy atom. The van der Waals surface area contributed by atoms with Crippen LogP contribution in [0.15, 0.2) is 23.1 Å². The molecule has 108 valence electrons. The van der Waals surface area contributed by atoms with Crippen LogP contribution in [0.3, 0.4) is 0 Å². The van der Waals surface area contributed by atoms with Gasteiger partial charge in [0.2, 0.25) is 10.0 Å². The summed E-state index contributed by atoms with van der Waals surface area (Å²) < 4.78 is 26.5. The Morgan fingerprint density at radius 2 is 2.10 bits per heavy atom. The number of fused-ring (bicyclic) bond motifs is 1. The second-order valence-corrected chi connectivity index (χ2v) is 6.55. The molecule has 20 heavy (non-hydrogen) atoms. The van der Waals surface area contributed by atoms with E-state index in [0.717, 1.165) is 4.31 Å². The van der Waals surface area contributed by atoms with E-state index in [9.17, 15) is 13.2 Å². The predicted molar refractivity (Wildman–Crippen MR) is 70.7 cm³/mol. The summed E-state index contributed by atoms with van der Waals surface area (Å²) in [5.74, 6) is -0.930. The van der Waals surface area contributed by atoms with E-state index in [-0.39, 0.29) is 17.9 Å². The molecule has 1 N–H and O–H groups in total. The van der Waals surface area contributed by atoms with Gasteiger partial charge < -0.3 is 5.11 Å². The van der Waals surface area contributed by atoms with Crippen molar-refractivity contribution >= 4 is 27.0 Å². The number of carbonyl (C=O) groups is 1. The number of carboxylic acid groups (broad SMARTS) is 1. The van der Waals surface area contributed by atoms with E-state index in [4.69, 9.17) is 5.11 Å². The van der Waals surface area contributed by atoms with E-state index in [1.807, 2.05) is 0 Å². The number of carboxylic acids is 1. The highest BCUT2D eigenvalue weighted by atomic mass is 32.2. The van der Waals surface area contributed by atoms with Crippen molar-refractivity contribution in [3.05, 3.63) is 18.2 Å². The first-order valence-corrected chi connectivity index (χ1v) is 7.24. The molecule has 2 aromatic rings. The molecule has 1 heterocycles. The summed E-state index contributed by atoms with van der Waals surface area (Å²) in [7, 11) is -0.627. The number of benzene rings is 1. The second kappa shape index (κ2) is 5.17. The maximum atomic E-state index is 12.0. The van der Waals surface area contributed by atoms with Crippen LogP contribution in [0.5, 0.6) is 0 Å². The van der Waals surface area contributed by atoms with E-state index < -0.39 is 16.0 Å². The molecule has 0 radical (unpaired) electrons. The molecule has 8 nitrogen and oxygen atoms in total. The van der Waals surface area contributed by atoms with Gasteiger partial charge in [0.15, 0.2) is 0 Å². The first kappa shape index (κ1) is 14.4. The summed E-state index contributed by atoms with van der Waals surface area (Å²) in [5.41, 5.74) is 1.02. The van der Waals surface area contributed by atoms with Gasteiger partial charge in [-0.05, 0) is 18.2 Å². The van der Waals surface area contributed by atoms with Crippen LogP contribution in [-0.2, 0) is 21.4 Å². The third-order valence-electron chi connectivity index (χ3n) is 2.80. The number of aromatic nitrogens is 3.